The summed E-state index contributed by atoms with van der Waals surface area (Å²) in [6, 6.07) is 8.35. The Labute approximate surface area is 145 Å². The molecule has 1 fully saturated rings. The first kappa shape index (κ1) is 19.7. The van der Waals surface area contributed by atoms with Gasteiger partial charge >= 0.3 is 0 Å². The number of benzene rings is 1. The van der Waals surface area contributed by atoms with E-state index in [9.17, 15) is 4.79 Å². The van der Waals surface area contributed by atoms with Gasteiger partial charge < -0.3 is 15.0 Å². The Kier molecular flexibility index (Phi) is 8.37. The number of likely N-dealkylation sites (N-methyl/N-ethyl adjacent to an activating group) is 1. The summed E-state index contributed by atoms with van der Waals surface area (Å²) >= 11 is 0. The van der Waals surface area contributed by atoms with Gasteiger partial charge in [0, 0.05) is 39.3 Å². The van der Waals surface area contributed by atoms with Crippen molar-refractivity contribution in [2.45, 2.75) is 26.4 Å². The molecule has 1 aliphatic rings. The second-order valence-electron chi connectivity index (χ2n) is 5.85. The van der Waals surface area contributed by atoms with Crippen LogP contribution in [-0.2, 0) is 11.3 Å². The Bertz CT molecular complexity index is 481. The lowest BCUT2D eigenvalue weighted by Gasteiger charge is -2.34. The maximum absolute atomic E-state index is 12.4. The number of halogens is 1. The molecule has 6 heteroatoms. The summed E-state index contributed by atoms with van der Waals surface area (Å²) in [5.74, 6) is 1.04. The van der Waals surface area contributed by atoms with Crippen LogP contribution >= 0.6 is 12.4 Å². The Morgan fingerprint density at radius 2 is 2.09 bits per heavy atom. The van der Waals surface area contributed by atoms with Crippen LogP contribution in [-0.4, -0.2) is 61.6 Å². The molecule has 23 heavy (non-hydrogen) atoms. The van der Waals surface area contributed by atoms with Gasteiger partial charge in [0.2, 0.25) is 5.91 Å². The first-order valence-corrected chi connectivity index (χ1v) is 8.00. The summed E-state index contributed by atoms with van der Waals surface area (Å²) in [6.07, 6.45) is 0. The fourth-order valence-electron chi connectivity index (χ4n) is 2.63. The highest BCUT2D eigenvalue weighted by atomic mass is 35.5. The molecule has 1 aromatic carbocycles. The van der Waals surface area contributed by atoms with Gasteiger partial charge in [0.05, 0.1) is 13.2 Å². The number of nitrogens with zero attached hydrogens (tertiary/aromatic N) is 2. The molecule has 2 rings (SSSR count). The van der Waals surface area contributed by atoms with Gasteiger partial charge in [-0.2, -0.15) is 0 Å². The number of rotatable bonds is 6. The smallest absolute Gasteiger partial charge is 0.236 e. The number of amides is 1. The molecule has 0 aromatic heterocycles. The van der Waals surface area contributed by atoms with Crippen LogP contribution in [0.3, 0.4) is 0 Å². The van der Waals surface area contributed by atoms with Crippen molar-refractivity contribution in [2.75, 3.05) is 39.8 Å². The molecule has 1 heterocycles. The van der Waals surface area contributed by atoms with Gasteiger partial charge in [0.15, 0.2) is 0 Å². The molecule has 130 valence electrons. The highest BCUT2D eigenvalue weighted by Crippen LogP contribution is 2.13. The number of ether oxygens (including phenoxy) is 1. The molecule has 0 radical (unpaired) electrons. The van der Waals surface area contributed by atoms with Crippen LogP contribution in [0.1, 0.15) is 19.4 Å². The number of hydrogen-bond donors (Lipinski definition) is 1. The van der Waals surface area contributed by atoms with Gasteiger partial charge in [0.25, 0.3) is 0 Å². The van der Waals surface area contributed by atoms with E-state index in [4.69, 9.17) is 4.74 Å². The summed E-state index contributed by atoms with van der Waals surface area (Å²) in [5.41, 5.74) is 1.12. The summed E-state index contributed by atoms with van der Waals surface area (Å²) < 4.78 is 5.43. The summed E-state index contributed by atoms with van der Waals surface area (Å²) in [6.45, 7) is 8.77. The fraction of sp³-hybridized carbons (Fsp3) is 0.588. The van der Waals surface area contributed by atoms with Crippen LogP contribution in [0.25, 0.3) is 0 Å². The number of nitrogens with one attached hydrogen (secondary N) is 1. The van der Waals surface area contributed by atoms with Crippen LogP contribution in [0.5, 0.6) is 5.75 Å². The van der Waals surface area contributed by atoms with E-state index in [1.165, 1.54) is 0 Å². The quantitative estimate of drug-likeness (QED) is 0.856. The summed E-state index contributed by atoms with van der Waals surface area (Å²) in [4.78, 5) is 16.4. The predicted molar refractivity (Wildman–Crippen MR) is 95.2 cm³/mol. The zero-order chi connectivity index (χ0) is 15.9. The van der Waals surface area contributed by atoms with Gasteiger partial charge in [-0.1, -0.05) is 12.1 Å². The maximum atomic E-state index is 12.4. The van der Waals surface area contributed by atoms with Gasteiger partial charge in [-0.25, -0.2) is 0 Å². The van der Waals surface area contributed by atoms with Gasteiger partial charge in [0.1, 0.15) is 5.75 Å². The first-order chi connectivity index (χ1) is 10.6. The van der Waals surface area contributed by atoms with Crippen molar-refractivity contribution in [3.8, 4) is 5.75 Å². The zero-order valence-corrected chi connectivity index (χ0v) is 15.1. The largest absolute Gasteiger partial charge is 0.494 e. The van der Waals surface area contributed by atoms with Crippen molar-refractivity contribution in [3.05, 3.63) is 29.8 Å². The molecule has 1 amide bonds. The average molecular weight is 342 g/mol. The van der Waals surface area contributed by atoms with E-state index in [0.717, 1.165) is 30.9 Å². The Balaban J connectivity index is 0.00000264. The van der Waals surface area contributed by atoms with Gasteiger partial charge in [-0.3, -0.25) is 9.69 Å². The molecule has 0 bridgehead atoms. The molecular weight excluding hydrogens is 314 g/mol. The van der Waals surface area contributed by atoms with Crippen molar-refractivity contribution in [2.24, 2.45) is 0 Å². The lowest BCUT2D eigenvalue weighted by atomic mass is 10.2. The first-order valence-electron chi connectivity index (χ1n) is 8.00. The van der Waals surface area contributed by atoms with E-state index in [1.54, 1.807) is 4.90 Å². The molecule has 1 N–H and O–H groups in total. The molecule has 0 spiro atoms. The summed E-state index contributed by atoms with van der Waals surface area (Å²) in [7, 11) is 1.87. The zero-order valence-electron chi connectivity index (χ0n) is 14.2. The second kappa shape index (κ2) is 9.75. The lowest BCUT2D eigenvalue weighted by molar-refractivity contribution is -0.132. The standard InChI is InChI=1S/C17H27N3O2.ClH/c1-4-22-16-7-5-15(6-8-16)12-19(3)17(21)13-20-10-9-18-11-14(20)2;/h5-8,14,18H,4,9-13H2,1-3H3;1H/t14-;/m1./s1. The monoisotopic (exact) mass is 341 g/mol. The van der Waals surface area contributed by atoms with Crippen LogP contribution < -0.4 is 10.1 Å². The maximum Gasteiger partial charge on any atom is 0.236 e. The average Bonchev–Trinajstić information content (AvgIpc) is 2.51. The fourth-order valence-corrected chi connectivity index (χ4v) is 2.63. The van der Waals surface area contributed by atoms with E-state index in [-0.39, 0.29) is 18.3 Å². The van der Waals surface area contributed by atoms with Crippen LogP contribution in [0.4, 0.5) is 0 Å². The summed E-state index contributed by atoms with van der Waals surface area (Å²) in [5, 5.41) is 3.34. The van der Waals surface area contributed by atoms with Gasteiger partial charge in [-0.05, 0) is 31.5 Å². The molecule has 1 atom stereocenters. The molecule has 1 aliphatic heterocycles. The molecular formula is C17H28ClN3O2. The highest BCUT2D eigenvalue weighted by Gasteiger charge is 2.21. The van der Waals surface area contributed by atoms with Gasteiger partial charge in [-0.15, -0.1) is 12.4 Å². The predicted octanol–water partition coefficient (Wildman–Crippen LogP) is 1.76. The van der Waals surface area contributed by atoms with Crippen molar-refractivity contribution in [1.29, 1.82) is 0 Å². The van der Waals surface area contributed by atoms with Crippen LogP contribution in [0, 0.1) is 0 Å². The minimum atomic E-state index is 0. The minimum absolute atomic E-state index is 0. The molecule has 0 unspecified atom stereocenters. The molecule has 1 aromatic rings. The molecule has 0 saturated carbocycles. The Hall–Kier alpha value is -1.30. The van der Waals surface area contributed by atoms with Crippen molar-refractivity contribution in [1.82, 2.24) is 15.1 Å². The molecule has 0 aliphatic carbocycles. The third kappa shape index (κ3) is 6.01. The second-order valence-corrected chi connectivity index (χ2v) is 5.85. The molecule has 1 saturated heterocycles. The lowest BCUT2D eigenvalue weighted by Crippen LogP contribution is -2.52. The van der Waals surface area contributed by atoms with E-state index in [2.05, 4.69) is 17.1 Å². The van der Waals surface area contributed by atoms with E-state index >= 15 is 0 Å². The highest BCUT2D eigenvalue weighted by molar-refractivity contribution is 5.85. The third-order valence-electron chi connectivity index (χ3n) is 4.06. The number of carbonyl (C=O) groups is 1. The van der Waals surface area contributed by atoms with E-state index < -0.39 is 0 Å². The Morgan fingerprint density at radius 1 is 1.39 bits per heavy atom. The van der Waals surface area contributed by atoms with Crippen molar-refractivity contribution in [3.63, 3.8) is 0 Å². The minimum Gasteiger partial charge on any atom is -0.494 e. The number of piperazine rings is 1. The van der Waals surface area contributed by atoms with E-state index in [0.29, 0.717) is 25.7 Å². The van der Waals surface area contributed by atoms with Crippen molar-refractivity contribution >= 4 is 18.3 Å². The Morgan fingerprint density at radius 3 is 2.70 bits per heavy atom. The topological polar surface area (TPSA) is 44.8 Å². The van der Waals surface area contributed by atoms with Crippen LogP contribution in [0.2, 0.25) is 0 Å². The normalized spacial score (nSPS) is 18.1. The van der Waals surface area contributed by atoms with Crippen molar-refractivity contribution < 1.29 is 9.53 Å². The number of hydrogen-bond acceptors (Lipinski definition) is 4. The SMILES string of the molecule is CCOc1ccc(CN(C)C(=O)CN2CCNC[C@H]2C)cc1.Cl. The molecule has 5 nitrogen and oxygen atoms in total. The van der Waals surface area contributed by atoms with Crippen LogP contribution in [0.15, 0.2) is 24.3 Å². The number of carbonyl (C=O) groups excluding carboxylic acids is 1. The van der Waals surface area contributed by atoms with E-state index in [1.807, 2.05) is 38.2 Å². The third-order valence-corrected chi connectivity index (χ3v) is 4.06.